The van der Waals surface area contributed by atoms with Gasteiger partial charge in [0.15, 0.2) is 17.7 Å². The fourth-order valence-corrected chi connectivity index (χ4v) is 4.05. The molecule has 7 atom stereocenters. The Morgan fingerprint density at radius 2 is 1.33 bits per heavy atom. The number of amides is 3. The first-order valence-electron chi connectivity index (χ1n) is 15.0. The zero-order chi connectivity index (χ0) is 34.9. The summed E-state index contributed by atoms with van der Waals surface area (Å²) >= 11 is 0. The Morgan fingerprint density at radius 3 is 1.84 bits per heavy atom. The van der Waals surface area contributed by atoms with Crippen LogP contribution in [0, 0.1) is 17.8 Å². The fraction of sp³-hybridized carbons (Fsp3) is 0.793. The Hall–Kier alpha value is -3.02. The molecule has 16 nitrogen and oxygen atoms in total. The monoisotopic (exact) mass is 649 g/mol. The molecule has 9 N–H and O–H groups in total. The second kappa shape index (κ2) is 21.7. The van der Waals surface area contributed by atoms with Gasteiger partial charge in [0.1, 0.15) is 30.4 Å². The third-order valence-corrected chi connectivity index (χ3v) is 7.04. The summed E-state index contributed by atoms with van der Waals surface area (Å²) in [6, 6.07) is -2.46. The zero-order valence-corrected chi connectivity index (χ0v) is 26.6. The van der Waals surface area contributed by atoms with Gasteiger partial charge in [-0.3, -0.25) is 24.0 Å². The molecule has 0 spiro atoms. The Kier molecular flexibility index (Phi) is 20.2. The summed E-state index contributed by atoms with van der Waals surface area (Å²) in [6.45, 7) is 5.24. The largest absolute Gasteiger partial charge is 0.467 e. The van der Waals surface area contributed by atoms with Gasteiger partial charge in [-0.1, -0.05) is 27.7 Å². The smallest absolute Gasteiger partial charge is 0.328 e. The molecule has 260 valence electrons. The first-order chi connectivity index (χ1) is 21.0. The summed E-state index contributed by atoms with van der Waals surface area (Å²) in [7, 11) is 1.09. The quantitative estimate of drug-likeness (QED) is 0.0397. The van der Waals surface area contributed by atoms with Gasteiger partial charge in [-0.15, -0.1) is 0 Å². The van der Waals surface area contributed by atoms with E-state index < -0.39 is 103 Å². The third-order valence-electron chi connectivity index (χ3n) is 7.04. The first-order valence-corrected chi connectivity index (χ1v) is 15.0. The number of hydrogen-bond donors (Lipinski definition) is 9. The van der Waals surface area contributed by atoms with Gasteiger partial charge in [0.25, 0.3) is 5.91 Å². The molecule has 16 heteroatoms. The number of aliphatic hydroxyl groups excluding tert-OH is 6. The molecule has 0 aliphatic rings. The van der Waals surface area contributed by atoms with Gasteiger partial charge in [0.05, 0.1) is 26.2 Å². The normalized spacial score (nSPS) is 16.1. The van der Waals surface area contributed by atoms with E-state index in [0.717, 1.165) is 7.11 Å². The topological polar surface area (TPSA) is 269 Å². The summed E-state index contributed by atoms with van der Waals surface area (Å²) in [5.74, 6) is -6.36. The van der Waals surface area contributed by atoms with Crippen LogP contribution in [0.5, 0.6) is 0 Å². The molecular weight excluding hydrogens is 598 g/mol. The number of rotatable bonds is 23. The number of ether oxygens (including phenoxy) is 1. The van der Waals surface area contributed by atoms with E-state index in [1.165, 1.54) is 13.8 Å². The lowest BCUT2D eigenvalue weighted by atomic mass is 9.94. The number of carbonyl (C=O) groups excluding carboxylic acids is 6. The van der Waals surface area contributed by atoms with Gasteiger partial charge in [0, 0.05) is 25.3 Å². The molecule has 0 aromatic rings. The van der Waals surface area contributed by atoms with Crippen LogP contribution in [-0.2, 0) is 33.5 Å². The van der Waals surface area contributed by atoms with E-state index >= 15 is 0 Å². The average Bonchev–Trinajstić information content (AvgIpc) is 3.01. The van der Waals surface area contributed by atoms with Crippen LogP contribution >= 0.6 is 0 Å². The maximum absolute atomic E-state index is 12.8. The van der Waals surface area contributed by atoms with Crippen LogP contribution in [0.4, 0.5) is 0 Å². The molecule has 0 bridgehead atoms. The number of methoxy groups -OCH3 is 1. The minimum atomic E-state index is -2.16. The van der Waals surface area contributed by atoms with Crippen molar-refractivity contribution in [3.05, 3.63) is 0 Å². The second-order valence-electron chi connectivity index (χ2n) is 11.6. The number of ketones is 2. The van der Waals surface area contributed by atoms with Crippen molar-refractivity contribution >= 4 is 35.3 Å². The molecule has 3 amide bonds. The summed E-state index contributed by atoms with van der Waals surface area (Å²) in [6.07, 6.45) is -7.78. The van der Waals surface area contributed by atoms with E-state index in [0.29, 0.717) is 6.42 Å². The van der Waals surface area contributed by atoms with E-state index in [9.17, 15) is 59.4 Å². The van der Waals surface area contributed by atoms with E-state index in [2.05, 4.69) is 16.0 Å². The van der Waals surface area contributed by atoms with Crippen LogP contribution in [0.3, 0.4) is 0 Å². The summed E-state index contributed by atoms with van der Waals surface area (Å²) < 4.78 is 4.71. The molecule has 0 fully saturated rings. The highest BCUT2D eigenvalue weighted by molar-refractivity contribution is 5.93. The van der Waals surface area contributed by atoms with Gasteiger partial charge < -0.3 is 51.3 Å². The third kappa shape index (κ3) is 15.2. The average molecular weight is 650 g/mol. The maximum Gasteiger partial charge on any atom is 0.328 e. The van der Waals surface area contributed by atoms with Gasteiger partial charge in [-0.25, -0.2) is 4.79 Å². The molecule has 0 heterocycles. The molecule has 0 saturated carbocycles. The van der Waals surface area contributed by atoms with Crippen molar-refractivity contribution < 1.29 is 64.1 Å². The SMILES string of the molecule is COC(=O)[C@H](CCCCNC(=O)C(O)C(O)C(O)C(O)C(=O)C(C)C)NC(=O)[C@H](CO)CC(=O)[C@H](CO)NC(=O)CCC(C)C. The fourth-order valence-electron chi connectivity index (χ4n) is 4.05. The minimum Gasteiger partial charge on any atom is -0.467 e. The standard InChI is InChI=1S/C29H51N3O13/c1-15(2)9-10-21(36)31-19(14-34)20(35)12-17(13-33)27(42)32-18(29(44)45-5)8-6-7-11-30-28(43)26(41)25(40)24(39)23(38)22(37)16(3)4/h15-19,23-26,33-34,38-41H,6-14H2,1-5H3,(H,30,43)(H,31,36)(H,32,42)/t17-,18-,19-,23?,24?,25?,26?/m0/s1. The lowest BCUT2D eigenvalue weighted by Gasteiger charge is -2.26. The molecule has 0 rings (SSSR count). The van der Waals surface area contributed by atoms with Crippen molar-refractivity contribution in [1.29, 1.82) is 0 Å². The minimum absolute atomic E-state index is 0.0128. The van der Waals surface area contributed by atoms with Crippen molar-refractivity contribution in [2.24, 2.45) is 17.8 Å². The Bertz CT molecular complexity index is 975. The zero-order valence-electron chi connectivity index (χ0n) is 26.6. The summed E-state index contributed by atoms with van der Waals surface area (Å²) in [5.41, 5.74) is 0. The number of carbonyl (C=O) groups is 6. The molecule has 4 unspecified atom stereocenters. The Labute approximate surface area is 262 Å². The lowest BCUT2D eigenvalue weighted by Crippen LogP contribution is -2.53. The van der Waals surface area contributed by atoms with E-state index in [4.69, 9.17) is 4.74 Å². The van der Waals surface area contributed by atoms with Crippen molar-refractivity contribution in [3.63, 3.8) is 0 Å². The molecule has 0 aliphatic heterocycles. The van der Waals surface area contributed by atoms with Crippen molar-refractivity contribution in [2.45, 2.75) is 103 Å². The predicted octanol–water partition coefficient (Wildman–Crippen LogP) is -2.92. The van der Waals surface area contributed by atoms with Crippen LogP contribution in [-0.4, -0.2) is 129 Å². The number of Topliss-reactive ketones (excluding diaryl/α,β-unsaturated/α-hetero) is 2. The first kappa shape index (κ1) is 42.0. The van der Waals surface area contributed by atoms with E-state index in [1.807, 2.05) is 13.8 Å². The molecule has 0 radical (unpaired) electrons. The summed E-state index contributed by atoms with van der Waals surface area (Å²) in [5, 5.41) is 66.3. The lowest BCUT2D eigenvalue weighted by molar-refractivity contribution is -0.155. The number of hydrogen-bond acceptors (Lipinski definition) is 13. The van der Waals surface area contributed by atoms with Gasteiger partial charge in [-0.2, -0.15) is 0 Å². The van der Waals surface area contributed by atoms with E-state index in [1.54, 1.807) is 0 Å². The van der Waals surface area contributed by atoms with Crippen LogP contribution in [0.15, 0.2) is 0 Å². The van der Waals surface area contributed by atoms with Crippen molar-refractivity contribution in [2.75, 3.05) is 26.9 Å². The van der Waals surface area contributed by atoms with Crippen LogP contribution < -0.4 is 16.0 Å². The number of esters is 1. The molecule has 0 aromatic heterocycles. The molecule has 0 saturated heterocycles. The van der Waals surface area contributed by atoms with Gasteiger partial charge in [0.2, 0.25) is 11.8 Å². The van der Waals surface area contributed by atoms with E-state index in [-0.39, 0.29) is 38.1 Å². The van der Waals surface area contributed by atoms with Crippen LogP contribution in [0.1, 0.15) is 66.2 Å². The number of nitrogens with one attached hydrogen (secondary N) is 3. The van der Waals surface area contributed by atoms with Crippen LogP contribution in [0.2, 0.25) is 0 Å². The maximum atomic E-state index is 12.8. The summed E-state index contributed by atoms with van der Waals surface area (Å²) in [4.78, 5) is 73.8. The van der Waals surface area contributed by atoms with Gasteiger partial charge in [-0.05, 0) is 31.6 Å². The Morgan fingerprint density at radius 1 is 0.733 bits per heavy atom. The highest BCUT2D eigenvalue weighted by Crippen LogP contribution is 2.12. The molecule has 0 aliphatic carbocycles. The van der Waals surface area contributed by atoms with Crippen LogP contribution in [0.25, 0.3) is 0 Å². The number of aliphatic hydroxyl groups is 6. The van der Waals surface area contributed by atoms with Gasteiger partial charge >= 0.3 is 5.97 Å². The highest BCUT2D eigenvalue weighted by atomic mass is 16.5. The Balaban J connectivity index is 4.97. The number of unbranched alkanes of at least 4 members (excludes halogenated alkanes) is 1. The van der Waals surface area contributed by atoms with Crippen molar-refractivity contribution in [3.8, 4) is 0 Å². The molecule has 0 aromatic carbocycles. The molecule has 45 heavy (non-hydrogen) atoms. The predicted molar refractivity (Wildman–Crippen MR) is 158 cm³/mol. The van der Waals surface area contributed by atoms with Crippen molar-refractivity contribution in [1.82, 2.24) is 16.0 Å². The highest BCUT2D eigenvalue weighted by Gasteiger charge is 2.38. The second-order valence-corrected chi connectivity index (χ2v) is 11.6. The molecular formula is C29H51N3O13.